The number of nitrogens with two attached hydrogens (primary N) is 1. The lowest BCUT2D eigenvalue weighted by Crippen LogP contribution is -2.12. The average molecular weight is 212 g/mol. The molecule has 13 heavy (non-hydrogen) atoms. The zero-order valence-electron chi connectivity index (χ0n) is 6.27. The van der Waals surface area contributed by atoms with Gasteiger partial charge in [0.2, 0.25) is 0 Å². The second-order valence-electron chi connectivity index (χ2n) is 2.22. The van der Waals surface area contributed by atoms with Crippen LogP contribution in [0.1, 0.15) is 11.4 Å². The minimum Gasteiger partial charge on any atom is -0.383 e. The first-order valence-electron chi connectivity index (χ1n) is 3.19. The maximum absolute atomic E-state index is 12.1. The standard InChI is InChI=1S/C6H5ClF3N3/c7-1-4-12-2-3(5(11)13-4)6(8,9)10/h2H,1H2,(H2,11,12,13). The molecule has 0 aliphatic carbocycles. The summed E-state index contributed by atoms with van der Waals surface area (Å²) in [6.45, 7) is 0. The number of rotatable bonds is 1. The van der Waals surface area contributed by atoms with Gasteiger partial charge in [-0.15, -0.1) is 11.6 Å². The summed E-state index contributed by atoms with van der Waals surface area (Å²) in [6.07, 6.45) is -3.89. The van der Waals surface area contributed by atoms with Crippen molar-refractivity contribution < 1.29 is 13.2 Å². The van der Waals surface area contributed by atoms with Crippen LogP contribution in [-0.2, 0) is 12.1 Å². The highest BCUT2D eigenvalue weighted by molar-refractivity contribution is 6.16. The third kappa shape index (κ3) is 2.21. The number of nitrogen functional groups attached to an aromatic ring is 1. The van der Waals surface area contributed by atoms with Crippen molar-refractivity contribution in [2.45, 2.75) is 12.1 Å². The quantitative estimate of drug-likeness (QED) is 0.721. The number of hydrogen-bond acceptors (Lipinski definition) is 3. The molecule has 0 atom stereocenters. The summed E-state index contributed by atoms with van der Waals surface area (Å²) in [6, 6.07) is 0. The molecular weight excluding hydrogens is 207 g/mol. The molecule has 7 heteroatoms. The van der Waals surface area contributed by atoms with E-state index >= 15 is 0 Å². The van der Waals surface area contributed by atoms with Crippen molar-refractivity contribution in [2.75, 3.05) is 5.73 Å². The van der Waals surface area contributed by atoms with Crippen LogP contribution < -0.4 is 5.73 Å². The van der Waals surface area contributed by atoms with E-state index in [2.05, 4.69) is 9.97 Å². The minimum absolute atomic E-state index is 0.0671. The lowest BCUT2D eigenvalue weighted by atomic mass is 10.3. The summed E-state index contributed by atoms with van der Waals surface area (Å²) >= 11 is 5.30. The highest BCUT2D eigenvalue weighted by Crippen LogP contribution is 2.31. The highest BCUT2D eigenvalue weighted by Gasteiger charge is 2.34. The lowest BCUT2D eigenvalue weighted by Gasteiger charge is -2.08. The fourth-order valence-electron chi connectivity index (χ4n) is 0.716. The molecule has 0 unspecified atom stereocenters. The van der Waals surface area contributed by atoms with Crippen molar-refractivity contribution in [1.29, 1.82) is 0 Å². The van der Waals surface area contributed by atoms with Crippen LogP contribution in [0, 0.1) is 0 Å². The fourth-order valence-corrected chi connectivity index (χ4v) is 0.845. The van der Waals surface area contributed by atoms with E-state index in [0.717, 1.165) is 0 Å². The second kappa shape index (κ2) is 3.37. The molecule has 0 fully saturated rings. The number of alkyl halides is 4. The van der Waals surface area contributed by atoms with Crippen LogP contribution in [-0.4, -0.2) is 9.97 Å². The summed E-state index contributed by atoms with van der Waals surface area (Å²) in [5.41, 5.74) is 4.01. The van der Waals surface area contributed by atoms with Crippen LogP contribution in [0.4, 0.5) is 19.0 Å². The minimum atomic E-state index is -4.52. The predicted molar refractivity (Wildman–Crippen MR) is 41.0 cm³/mol. The maximum atomic E-state index is 12.1. The highest BCUT2D eigenvalue weighted by atomic mass is 35.5. The Morgan fingerprint density at radius 2 is 2.08 bits per heavy atom. The van der Waals surface area contributed by atoms with Crippen molar-refractivity contribution in [2.24, 2.45) is 0 Å². The van der Waals surface area contributed by atoms with E-state index in [1.165, 1.54) is 0 Å². The molecule has 0 radical (unpaired) electrons. The van der Waals surface area contributed by atoms with Gasteiger partial charge in [0.1, 0.15) is 17.2 Å². The summed E-state index contributed by atoms with van der Waals surface area (Å²) in [7, 11) is 0. The number of aromatic nitrogens is 2. The van der Waals surface area contributed by atoms with E-state index in [-0.39, 0.29) is 11.7 Å². The maximum Gasteiger partial charge on any atom is 0.421 e. The van der Waals surface area contributed by atoms with Crippen LogP contribution in [0.3, 0.4) is 0 Å². The predicted octanol–water partition coefficient (Wildman–Crippen LogP) is 1.82. The molecule has 1 aromatic heterocycles. The van der Waals surface area contributed by atoms with E-state index in [4.69, 9.17) is 17.3 Å². The van der Waals surface area contributed by atoms with Crippen LogP contribution in [0.2, 0.25) is 0 Å². The topological polar surface area (TPSA) is 51.8 Å². The number of anilines is 1. The number of nitrogens with zero attached hydrogens (tertiary/aromatic N) is 2. The number of hydrogen-bond donors (Lipinski definition) is 1. The summed E-state index contributed by atoms with van der Waals surface area (Å²) < 4.78 is 36.3. The SMILES string of the molecule is Nc1nc(CCl)ncc1C(F)(F)F. The van der Waals surface area contributed by atoms with E-state index in [9.17, 15) is 13.2 Å². The summed E-state index contributed by atoms with van der Waals surface area (Å²) in [5.74, 6) is -0.590. The molecule has 0 saturated carbocycles. The van der Waals surface area contributed by atoms with Gasteiger partial charge in [-0.1, -0.05) is 0 Å². The zero-order chi connectivity index (χ0) is 10.1. The number of halogens is 4. The Kier molecular flexibility index (Phi) is 2.60. The molecule has 2 N–H and O–H groups in total. The van der Waals surface area contributed by atoms with Crippen molar-refractivity contribution in [3.8, 4) is 0 Å². The first-order valence-corrected chi connectivity index (χ1v) is 3.73. The first kappa shape index (κ1) is 10.0. The Bertz CT molecular complexity index is 312. The van der Waals surface area contributed by atoms with Crippen LogP contribution in [0.25, 0.3) is 0 Å². The van der Waals surface area contributed by atoms with Gasteiger partial charge in [-0.25, -0.2) is 9.97 Å². The van der Waals surface area contributed by atoms with Crippen LogP contribution in [0.5, 0.6) is 0 Å². The average Bonchev–Trinajstić information content (AvgIpc) is 2.01. The van der Waals surface area contributed by atoms with Gasteiger partial charge in [0.15, 0.2) is 0 Å². The monoisotopic (exact) mass is 211 g/mol. The Balaban J connectivity index is 3.13. The van der Waals surface area contributed by atoms with Gasteiger partial charge < -0.3 is 5.73 Å². The Labute approximate surface area is 76.7 Å². The van der Waals surface area contributed by atoms with Gasteiger partial charge in [-0.05, 0) is 0 Å². The van der Waals surface area contributed by atoms with Gasteiger partial charge in [-0.2, -0.15) is 13.2 Å². The molecule has 0 spiro atoms. The van der Waals surface area contributed by atoms with Gasteiger partial charge in [0, 0.05) is 6.20 Å². The lowest BCUT2D eigenvalue weighted by molar-refractivity contribution is -0.137. The van der Waals surface area contributed by atoms with Gasteiger partial charge in [-0.3, -0.25) is 0 Å². The van der Waals surface area contributed by atoms with Crippen molar-refractivity contribution >= 4 is 17.4 Å². The van der Waals surface area contributed by atoms with Crippen LogP contribution in [0.15, 0.2) is 6.20 Å². The van der Waals surface area contributed by atoms with Crippen molar-refractivity contribution in [1.82, 2.24) is 9.97 Å². The zero-order valence-corrected chi connectivity index (χ0v) is 7.02. The molecule has 0 aliphatic heterocycles. The molecule has 0 saturated heterocycles. The van der Waals surface area contributed by atoms with E-state index in [0.29, 0.717) is 6.20 Å². The normalized spacial score (nSPS) is 11.7. The Hall–Kier alpha value is -1.04. The van der Waals surface area contributed by atoms with Crippen molar-refractivity contribution in [3.05, 3.63) is 17.6 Å². The summed E-state index contributed by atoms with van der Waals surface area (Å²) in [4.78, 5) is 6.75. The third-order valence-corrected chi connectivity index (χ3v) is 1.53. The summed E-state index contributed by atoms with van der Waals surface area (Å²) in [5, 5.41) is 0. The molecule has 0 amide bonds. The Morgan fingerprint density at radius 1 is 1.46 bits per heavy atom. The van der Waals surface area contributed by atoms with Gasteiger partial charge in [0.05, 0.1) is 5.88 Å². The molecule has 1 rings (SSSR count). The molecular formula is C6H5ClF3N3. The molecule has 1 heterocycles. The van der Waals surface area contributed by atoms with Gasteiger partial charge >= 0.3 is 6.18 Å². The smallest absolute Gasteiger partial charge is 0.383 e. The Morgan fingerprint density at radius 3 is 2.46 bits per heavy atom. The molecule has 0 aliphatic rings. The molecule has 72 valence electrons. The second-order valence-corrected chi connectivity index (χ2v) is 2.48. The first-order chi connectivity index (χ1) is 5.95. The fraction of sp³-hybridized carbons (Fsp3) is 0.333. The molecule has 3 nitrogen and oxygen atoms in total. The van der Waals surface area contributed by atoms with E-state index in [1.807, 2.05) is 0 Å². The van der Waals surface area contributed by atoms with Crippen molar-refractivity contribution in [3.63, 3.8) is 0 Å². The van der Waals surface area contributed by atoms with Gasteiger partial charge in [0.25, 0.3) is 0 Å². The third-order valence-electron chi connectivity index (χ3n) is 1.29. The molecule has 1 aromatic rings. The van der Waals surface area contributed by atoms with Crippen LogP contribution >= 0.6 is 11.6 Å². The molecule has 0 bridgehead atoms. The van der Waals surface area contributed by atoms with E-state index in [1.54, 1.807) is 0 Å². The van der Waals surface area contributed by atoms with E-state index < -0.39 is 17.6 Å². The molecule has 0 aromatic carbocycles. The largest absolute Gasteiger partial charge is 0.421 e.